The second kappa shape index (κ2) is 5.33. The van der Waals surface area contributed by atoms with Crippen molar-refractivity contribution in [1.82, 2.24) is 4.90 Å². The Labute approximate surface area is 107 Å². The van der Waals surface area contributed by atoms with Gasteiger partial charge in [-0.25, -0.2) is 0 Å². The highest BCUT2D eigenvalue weighted by Gasteiger charge is 2.29. The van der Waals surface area contributed by atoms with Crippen LogP contribution in [0.15, 0.2) is 28.7 Å². The second-order valence-corrected chi connectivity index (χ2v) is 5.76. The van der Waals surface area contributed by atoms with E-state index in [0.29, 0.717) is 6.04 Å². The predicted molar refractivity (Wildman–Crippen MR) is 72.5 cm³/mol. The summed E-state index contributed by atoms with van der Waals surface area (Å²) >= 11 is 3.54. The highest BCUT2D eigenvalue weighted by atomic mass is 79.9. The number of benzene rings is 1. The summed E-state index contributed by atoms with van der Waals surface area (Å²) in [6.45, 7) is 7.15. The molecule has 0 aliphatic carbocycles. The van der Waals surface area contributed by atoms with E-state index in [1.807, 2.05) is 0 Å². The zero-order chi connectivity index (χ0) is 11.5. The first-order valence-electron chi connectivity index (χ1n) is 6.20. The lowest BCUT2D eigenvalue weighted by molar-refractivity contribution is 0.0545. The molecule has 0 bridgehead atoms. The summed E-state index contributed by atoms with van der Waals surface area (Å²) in [6.07, 6.45) is 2.71. The zero-order valence-corrected chi connectivity index (χ0v) is 11.7. The summed E-state index contributed by atoms with van der Waals surface area (Å²) in [5.41, 5.74) is 1.42. The average molecular weight is 282 g/mol. The van der Waals surface area contributed by atoms with Gasteiger partial charge in [0.15, 0.2) is 0 Å². The molecule has 0 saturated carbocycles. The maximum Gasteiger partial charge on any atom is 0.0320 e. The summed E-state index contributed by atoms with van der Waals surface area (Å²) < 4.78 is 1.18. The van der Waals surface area contributed by atoms with E-state index < -0.39 is 0 Å². The molecule has 1 aliphatic heterocycles. The lowest BCUT2D eigenvalue weighted by Crippen LogP contribution is -2.47. The monoisotopic (exact) mass is 281 g/mol. The van der Waals surface area contributed by atoms with Crippen LogP contribution in [0, 0.1) is 5.92 Å². The molecule has 0 aromatic heterocycles. The topological polar surface area (TPSA) is 3.24 Å². The fourth-order valence-corrected chi connectivity index (χ4v) is 2.91. The van der Waals surface area contributed by atoms with Crippen LogP contribution in [0.1, 0.15) is 38.3 Å². The van der Waals surface area contributed by atoms with Gasteiger partial charge in [-0.05, 0) is 37.0 Å². The molecule has 1 fully saturated rings. The van der Waals surface area contributed by atoms with Crippen LogP contribution in [-0.2, 0) is 0 Å². The van der Waals surface area contributed by atoms with Crippen molar-refractivity contribution >= 4 is 15.9 Å². The predicted octanol–water partition coefficient (Wildman–Crippen LogP) is 4.24. The van der Waals surface area contributed by atoms with Gasteiger partial charge in [0.05, 0.1) is 0 Å². The lowest BCUT2D eigenvalue weighted by atomic mass is 9.92. The summed E-state index contributed by atoms with van der Waals surface area (Å²) in [5, 5.41) is 0. The van der Waals surface area contributed by atoms with Crippen molar-refractivity contribution in [2.24, 2.45) is 5.92 Å². The zero-order valence-electron chi connectivity index (χ0n) is 10.1. The summed E-state index contributed by atoms with van der Waals surface area (Å²) in [6, 6.07) is 9.23. The first kappa shape index (κ1) is 12.1. The lowest BCUT2D eigenvalue weighted by Gasteiger charge is -2.43. The molecule has 0 N–H and O–H groups in total. The Balaban J connectivity index is 1.92. The van der Waals surface area contributed by atoms with Gasteiger partial charge in [-0.15, -0.1) is 0 Å². The molecule has 1 unspecified atom stereocenters. The minimum Gasteiger partial charge on any atom is -0.296 e. The molecule has 1 aliphatic rings. The third-order valence-electron chi connectivity index (χ3n) is 3.56. The molecule has 2 rings (SSSR count). The van der Waals surface area contributed by atoms with Crippen molar-refractivity contribution in [3.05, 3.63) is 34.3 Å². The molecule has 88 valence electrons. The van der Waals surface area contributed by atoms with Gasteiger partial charge in [0, 0.05) is 23.6 Å². The van der Waals surface area contributed by atoms with Gasteiger partial charge < -0.3 is 0 Å². The normalized spacial score (nSPS) is 19.4. The molecule has 1 atom stereocenters. The molecule has 1 heterocycles. The van der Waals surface area contributed by atoms with E-state index in [4.69, 9.17) is 0 Å². The van der Waals surface area contributed by atoms with Gasteiger partial charge in [0.2, 0.25) is 0 Å². The Morgan fingerprint density at radius 1 is 1.44 bits per heavy atom. The van der Waals surface area contributed by atoms with Crippen molar-refractivity contribution in [2.45, 2.75) is 32.7 Å². The summed E-state index contributed by atoms with van der Waals surface area (Å²) in [5.74, 6) is 0.944. The third-order valence-corrected chi connectivity index (χ3v) is 4.05. The van der Waals surface area contributed by atoms with E-state index in [-0.39, 0.29) is 0 Å². The summed E-state index contributed by atoms with van der Waals surface area (Å²) in [4.78, 5) is 2.57. The Hall–Kier alpha value is -0.340. The Morgan fingerprint density at radius 3 is 2.81 bits per heavy atom. The van der Waals surface area contributed by atoms with E-state index in [1.54, 1.807) is 0 Å². The first-order valence-corrected chi connectivity index (χ1v) is 6.99. The Kier molecular flexibility index (Phi) is 4.04. The molecule has 0 radical (unpaired) electrons. The highest BCUT2D eigenvalue weighted by molar-refractivity contribution is 9.10. The van der Waals surface area contributed by atoms with Crippen LogP contribution in [0.4, 0.5) is 0 Å². The van der Waals surface area contributed by atoms with E-state index in [1.165, 1.54) is 36.0 Å². The molecular weight excluding hydrogens is 262 g/mol. The molecule has 1 aromatic carbocycles. The van der Waals surface area contributed by atoms with Crippen molar-refractivity contribution in [1.29, 1.82) is 0 Å². The number of rotatable bonds is 4. The van der Waals surface area contributed by atoms with Gasteiger partial charge in [-0.3, -0.25) is 4.90 Å². The second-order valence-electron chi connectivity index (χ2n) is 4.84. The third kappa shape index (κ3) is 2.67. The van der Waals surface area contributed by atoms with Crippen LogP contribution < -0.4 is 0 Å². The van der Waals surface area contributed by atoms with Crippen LogP contribution in [0.3, 0.4) is 0 Å². The first-order chi connectivity index (χ1) is 7.70. The van der Waals surface area contributed by atoms with Crippen molar-refractivity contribution in [3.8, 4) is 0 Å². The minimum absolute atomic E-state index is 0.561. The smallest absolute Gasteiger partial charge is 0.0320 e. The van der Waals surface area contributed by atoms with Crippen molar-refractivity contribution < 1.29 is 0 Å². The maximum absolute atomic E-state index is 3.54. The fraction of sp³-hybridized carbons (Fsp3) is 0.571. The van der Waals surface area contributed by atoms with Crippen molar-refractivity contribution in [3.63, 3.8) is 0 Å². The number of hydrogen-bond donors (Lipinski definition) is 0. The standard InChI is InChI=1S/C14H20BrN/c1-3-5-12-9-16(10-12)11(2)13-6-4-7-14(15)8-13/h4,6-8,11-12H,3,5,9-10H2,1-2H3. The molecule has 1 nitrogen and oxygen atoms in total. The van der Waals surface area contributed by atoms with Crippen LogP contribution in [0.5, 0.6) is 0 Å². The average Bonchev–Trinajstić information content (AvgIpc) is 2.22. The number of nitrogens with zero attached hydrogens (tertiary/aromatic N) is 1. The van der Waals surface area contributed by atoms with Crippen LogP contribution >= 0.6 is 15.9 Å². The van der Waals surface area contributed by atoms with Gasteiger partial charge in [-0.2, -0.15) is 0 Å². The maximum atomic E-state index is 3.54. The highest BCUT2D eigenvalue weighted by Crippen LogP contribution is 2.31. The van der Waals surface area contributed by atoms with Crippen molar-refractivity contribution in [2.75, 3.05) is 13.1 Å². The molecule has 1 saturated heterocycles. The van der Waals surface area contributed by atoms with Crippen LogP contribution in [0.25, 0.3) is 0 Å². The molecular formula is C14H20BrN. The van der Waals surface area contributed by atoms with Gasteiger partial charge in [-0.1, -0.05) is 41.4 Å². The van der Waals surface area contributed by atoms with Gasteiger partial charge >= 0.3 is 0 Å². The van der Waals surface area contributed by atoms with E-state index >= 15 is 0 Å². The molecule has 2 heteroatoms. The Morgan fingerprint density at radius 2 is 2.19 bits per heavy atom. The SMILES string of the molecule is CCCC1CN(C(C)c2cccc(Br)c2)C1. The number of likely N-dealkylation sites (tertiary alicyclic amines) is 1. The molecule has 1 aromatic rings. The molecule has 0 amide bonds. The van der Waals surface area contributed by atoms with Crippen LogP contribution in [-0.4, -0.2) is 18.0 Å². The minimum atomic E-state index is 0.561. The van der Waals surface area contributed by atoms with E-state index in [9.17, 15) is 0 Å². The number of halogens is 1. The van der Waals surface area contributed by atoms with Crippen LogP contribution in [0.2, 0.25) is 0 Å². The molecule has 16 heavy (non-hydrogen) atoms. The Bertz CT molecular complexity index is 344. The van der Waals surface area contributed by atoms with Gasteiger partial charge in [0.25, 0.3) is 0 Å². The summed E-state index contributed by atoms with van der Waals surface area (Å²) in [7, 11) is 0. The quantitative estimate of drug-likeness (QED) is 0.798. The van der Waals surface area contributed by atoms with Gasteiger partial charge in [0.1, 0.15) is 0 Å². The molecule has 0 spiro atoms. The number of hydrogen-bond acceptors (Lipinski definition) is 1. The van der Waals surface area contributed by atoms with E-state index in [0.717, 1.165) is 5.92 Å². The largest absolute Gasteiger partial charge is 0.296 e. The van der Waals surface area contributed by atoms with E-state index in [2.05, 4.69) is 58.9 Å². The fourth-order valence-electron chi connectivity index (χ4n) is 2.49.